The first-order valence-corrected chi connectivity index (χ1v) is 7.87. The first-order chi connectivity index (χ1) is 10.5. The van der Waals surface area contributed by atoms with Gasteiger partial charge in [0.2, 0.25) is 5.91 Å². The number of carbonyl (C=O) groups is 1. The first kappa shape index (κ1) is 16.6. The zero-order valence-electron chi connectivity index (χ0n) is 13.8. The first-order valence-electron chi connectivity index (χ1n) is 7.87. The Hall–Kier alpha value is -1.75. The quantitative estimate of drug-likeness (QED) is 0.877. The second-order valence-electron chi connectivity index (χ2n) is 5.97. The minimum absolute atomic E-state index is 0.109. The van der Waals surface area contributed by atoms with Crippen molar-refractivity contribution >= 4 is 5.91 Å². The third-order valence-corrected chi connectivity index (χ3v) is 3.95. The smallest absolute Gasteiger partial charge is 0.225 e. The molecule has 22 heavy (non-hydrogen) atoms. The fourth-order valence-electron chi connectivity index (χ4n) is 3.00. The van der Waals surface area contributed by atoms with E-state index in [-0.39, 0.29) is 24.0 Å². The van der Waals surface area contributed by atoms with Crippen LogP contribution in [0.25, 0.3) is 0 Å². The number of benzene rings is 1. The molecule has 1 heterocycles. The normalized spacial score (nSPS) is 21.5. The summed E-state index contributed by atoms with van der Waals surface area (Å²) in [6.45, 7) is 6.73. The van der Waals surface area contributed by atoms with Crippen LogP contribution in [0.15, 0.2) is 18.2 Å². The second-order valence-corrected chi connectivity index (χ2v) is 5.97. The average Bonchev–Trinajstić information content (AvgIpc) is 2.79. The lowest BCUT2D eigenvalue weighted by Gasteiger charge is -2.31. The topological polar surface area (TPSA) is 64.8 Å². The molecular formula is C17H26N2O3. The third kappa shape index (κ3) is 3.19. The number of hydrogen-bond acceptors (Lipinski definition) is 4. The molecule has 1 aromatic rings. The maximum atomic E-state index is 12.2. The van der Waals surface area contributed by atoms with Crippen LogP contribution in [-0.4, -0.2) is 36.6 Å². The zero-order valence-corrected chi connectivity index (χ0v) is 13.8. The molecule has 2 atom stereocenters. The van der Waals surface area contributed by atoms with Gasteiger partial charge in [-0.05, 0) is 38.0 Å². The Morgan fingerprint density at radius 2 is 2.09 bits per heavy atom. The van der Waals surface area contributed by atoms with Gasteiger partial charge in [0.25, 0.3) is 0 Å². The Balaban J connectivity index is 2.33. The summed E-state index contributed by atoms with van der Waals surface area (Å²) in [7, 11) is 1.62. The van der Waals surface area contributed by atoms with Gasteiger partial charge in [0.1, 0.15) is 0 Å². The van der Waals surface area contributed by atoms with Gasteiger partial charge in [-0.2, -0.15) is 0 Å². The Kier molecular flexibility index (Phi) is 5.29. The van der Waals surface area contributed by atoms with Crippen LogP contribution in [0.1, 0.15) is 45.2 Å². The lowest BCUT2D eigenvalue weighted by atomic mass is 9.99. The molecule has 0 aliphatic carbocycles. The van der Waals surface area contributed by atoms with E-state index in [1.807, 2.05) is 36.9 Å². The van der Waals surface area contributed by atoms with Crippen LogP contribution >= 0.6 is 0 Å². The van der Waals surface area contributed by atoms with Gasteiger partial charge in [-0.25, -0.2) is 0 Å². The Morgan fingerprint density at radius 3 is 2.68 bits per heavy atom. The Bertz CT molecular complexity index is 531. The van der Waals surface area contributed by atoms with E-state index in [0.29, 0.717) is 18.8 Å². The van der Waals surface area contributed by atoms with Crippen molar-refractivity contribution in [1.82, 2.24) is 4.90 Å². The lowest BCUT2D eigenvalue weighted by molar-refractivity contribution is -0.130. The molecule has 0 aromatic heterocycles. The van der Waals surface area contributed by atoms with Gasteiger partial charge < -0.3 is 20.1 Å². The molecule has 2 rings (SSSR count). The summed E-state index contributed by atoms with van der Waals surface area (Å²) in [5.41, 5.74) is 7.20. The Morgan fingerprint density at radius 1 is 1.36 bits per heavy atom. The molecule has 2 N–H and O–H groups in total. The second kappa shape index (κ2) is 7.01. The van der Waals surface area contributed by atoms with Crippen molar-refractivity contribution in [3.05, 3.63) is 23.8 Å². The molecule has 1 saturated heterocycles. The molecular weight excluding hydrogens is 280 g/mol. The standard InChI is InChI=1S/C17H26N2O3/c1-5-8-22-14-7-6-12(9-15(14)21-4)17-13(18)10-16(20)19(17)11(2)3/h6-7,9,11,13,17H,5,8,10,18H2,1-4H3. The molecule has 0 saturated carbocycles. The molecule has 122 valence electrons. The molecule has 5 nitrogen and oxygen atoms in total. The van der Waals surface area contributed by atoms with Gasteiger partial charge in [-0.3, -0.25) is 4.79 Å². The van der Waals surface area contributed by atoms with Crippen LogP contribution in [0.2, 0.25) is 0 Å². The van der Waals surface area contributed by atoms with Crippen molar-refractivity contribution in [2.75, 3.05) is 13.7 Å². The molecule has 0 radical (unpaired) electrons. The number of nitrogens with two attached hydrogens (primary N) is 1. The number of rotatable bonds is 6. The molecule has 2 unspecified atom stereocenters. The van der Waals surface area contributed by atoms with Crippen LogP contribution in [0.4, 0.5) is 0 Å². The fraction of sp³-hybridized carbons (Fsp3) is 0.588. The van der Waals surface area contributed by atoms with E-state index in [9.17, 15) is 4.79 Å². The lowest BCUT2D eigenvalue weighted by Crippen LogP contribution is -2.37. The van der Waals surface area contributed by atoms with E-state index >= 15 is 0 Å². The van der Waals surface area contributed by atoms with Crippen LogP contribution in [0, 0.1) is 0 Å². The van der Waals surface area contributed by atoms with E-state index in [2.05, 4.69) is 6.92 Å². The van der Waals surface area contributed by atoms with E-state index in [1.54, 1.807) is 7.11 Å². The average molecular weight is 306 g/mol. The van der Waals surface area contributed by atoms with E-state index in [1.165, 1.54) is 0 Å². The summed E-state index contributed by atoms with van der Waals surface area (Å²) < 4.78 is 11.1. The minimum atomic E-state index is -0.193. The number of carbonyl (C=O) groups excluding carboxylic acids is 1. The van der Waals surface area contributed by atoms with Crippen molar-refractivity contribution in [2.24, 2.45) is 5.73 Å². The highest BCUT2D eigenvalue weighted by molar-refractivity contribution is 5.80. The predicted molar refractivity (Wildman–Crippen MR) is 86.1 cm³/mol. The van der Waals surface area contributed by atoms with Crippen molar-refractivity contribution < 1.29 is 14.3 Å². The van der Waals surface area contributed by atoms with Crippen LogP contribution in [-0.2, 0) is 4.79 Å². The van der Waals surface area contributed by atoms with Crippen LogP contribution < -0.4 is 15.2 Å². The zero-order chi connectivity index (χ0) is 16.3. The number of likely N-dealkylation sites (tertiary alicyclic amines) is 1. The monoisotopic (exact) mass is 306 g/mol. The molecule has 1 aromatic carbocycles. The summed E-state index contributed by atoms with van der Waals surface area (Å²) in [5.74, 6) is 1.51. The third-order valence-electron chi connectivity index (χ3n) is 3.95. The number of ether oxygens (including phenoxy) is 2. The molecule has 1 aliphatic rings. The van der Waals surface area contributed by atoms with Crippen molar-refractivity contribution in [1.29, 1.82) is 0 Å². The molecule has 0 bridgehead atoms. The van der Waals surface area contributed by atoms with Gasteiger partial charge in [0.15, 0.2) is 11.5 Å². The van der Waals surface area contributed by atoms with Gasteiger partial charge in [-0.15, -0.1) is 0 Å². The Labute approximate surface area is 132 Å². The summed E-state index contributed by atoms with van der Waals surface area (Å²) in [5, 5.41) is 0. The number of nitrogens with zero attached hydrogens (tertiary/aromatic N) is 1. The summed E-state index contributed by atoms with van der Waals surface area (Å²) in [6.07, 6.45) is 1.33. The summed E-state index contributed by atoms with van der Waals surface area (Å²) in [6, 6.07) is 5.63. The van der Waals surface area contributed by atoms with Crippen molar-refractivity contribution in [2.45, 2.75) is 51.7 Å². The highest BCUT2D eigenvalue weighted by Gasteiger charge is 2.40. The predicted octanol–water partition coefficient (Wildman–Crippen LogP) is 2.49. The van der Waals surface area contributed by atoms with Gasteiger partial charge in [-0.1, -0.05) is 13.0 Å². The number of hydrogen-bond donors (Lipinski definition) is 1. The maximum absolute atomic E-state index is 12.2. The summed E-state index contributed by atoms with van der Waals surface area (Å²) >= 11 is 0. The van der Waals surface area contributed by atoms with Crippen molar-refractivity contribution in [3.63, 3.8) is 0 Å². The van der Waals surface area contributed by atoms with Gasteiger partial charge in [0.05, 0.1) is 19.8 Å². The van der Waals surface area contributed by atoms with Gasteiger partial charge in [0, 0.05) is 18.5 Å². The number of amides is 1. The van der Waals surface area contributed by atoms with Crippen LogP contribution in [0.3, 0.4) is 0 Å². The van der Waals surface area contributed by atoms with E-state index in [4.69, 9.17) is 15.2 Å². The minimum Gasteiger partial charge on any atom is -0.493 e. The van der Waals surface area contributed by atoms with E-state index in [0.717, 1.165) is 17.7 Å². The molecule has 1 fully saturated rings. The van der Waals surface area contributed by atoms with Crippen molar-refractivity contribution in [3.8, 4) is 11.5 Å². The molecule has 1 amide bonds. The molecule has 5 heteroatoms. The fourth-order valence-corrected chi connectivity index (χ4v) is 3.00. The largest absolute Gasteiger partial charge is 0.493 e. The summed E-state index contributed by atoms with van der Waals surface area (Å²) in [4.78, 5) is 14.0. The van der Waals surface area contributed by atoms with Gasteiger partial charge >= 0.3 is 0 Å². The maximum Gasteiger partial charge on any atom is 0.225 e. The molecule has 0 spiro atoms. The highest BCUT2D eigenvalue weighted by Crippen LogP contribution is 2.38. The van der Waals surface area contributed by atoms with E-state index < -0.39 is 0 Å². The molecule has 1 aliphatic heterocycles. The van der Waals surface area contributed by atoms with Crippen LogP contribution in [0.5, 0.6) is 11.5 Å². The highest BCUT2D eigenvalue weighted by atomic mass is 16.5. The number of methoxy groups -OCH3 is 1. The SMILES string of the molecule is CCCOc1ccc(C2C(N)CC(=O)N2C(C)C)cc1OC.